The third-order valence-electron chi connectivity index (χ3n) is 2.74. The van der Waals surface area contributed by atoms with Crippen molar-refractivity contribution in [2.45, 2.75) is 26.2 Å². The van der Waals surface area contributed by atoms with Gasteiger partial charge in [-0.1, -0.05) is 13.3 Å². The second kappa shape index (κ2) is 7.01. The standard InChI is InChI=1S/C12H18N6S/c1-2-3-10-11(15-7-16-12(10)18-13)14-5-4-9-6-19-8-17-9/h6-8H,2-5,13H2,1H3,(H2,14,15,16,18). The van der Waals surface area contributed by atoms with Crippen molar-refractivity contribution in [1.82, 2.24) is 15.0 Å². The van der Waals surface area contributed by atoms with Crippen molar-refractivity contribution in [3.8, 4) is 0 Å². The molecular formula is C12H18N6S. The number of thiazole rings is 1. The third kappa shape index (κ3) is 3.62. The summed E-state index contributed by atoms with van der Waals surface area (Å²) in [6, 6.07) is 0. The number of nitrogen functional groups attached to an aromatic ring is 1. The van der Waals surface area contributed by atoms with Crippen LogP contribution >= 0.6 is 11.3 Å². The predicted octanol–water partition coefficient (Wildman–Crippen LogP) is 1.83. The maximum Gasteiger partial charge on any atom is 0.148 e. The Morgan fingerprint density at radius 1 is 1.21 bits per heavy atom. The van der Waals surface area contributed by atoms with E-state index in [4.69, 9.17) is 5.84 Å². The molecule has 7 heteroatoms. The zero-order chi connectivity index (χ0) is 13.5. The van der Waals surface area contributed by atoms with E-state index in [9.17, 15) is 0 Å². The number of aromatic nitrogens is 3. The van der Waals surface area contributed by atoms with Gasteiger partial charge >= 0.3 is 0 Å². The fourth-order valence-electron chi connectivity index (χ4n) is 1.85. The van der Waals surface area contributed by atoms with Crippen LogP contribution in [0.1, 0.15) is 24.6 Å². The largest absolute Gasteiger partial charge is 0.369 e. The van der Waals surface area contributed by atoms with E-state index in [2.05, 4.69) is 38.0 Å². The van der Waals surface area contributed by atoms with Crippen molar-refractivity contribution in [3.63, 3.8) is 0 Å². The van der Waals surface area contributed by atoms with Gasteiger partial charge in [0.1, 0.15) is 18.0 Å². The van der Waals surface area contributed by atoms with Crippen LogP contribution in [-0.2, 0) is 12.8 Å². The summed E-state index contributed by atoms with van der Waals surface area (Å²) in [6.07, 6.45) is 4.30. The average Bonchev–Trinajstić information content (AvgIpc) is 2.94. The molecule has 0 spiro atoms. The molecular weight excluding hydrogens is 260 g/mol. The first-order chi connectivity index (χ1) is 9.35. The fourth-order valence-corrected chi connectivity index (χ4v) is 2.44. The van der Waals surface area contributed by atoms with Gasteiger partial charge in [0.15, 0.2) is 0 Å². The summed E-state index contributed by atoms with van der Waals surface area (Å²) >= 11 is 1.61. The molecule has 102 valence electrons. The van der Waals surface area contributed by atoms with Gasteiger partial charge in [-0.3, -0.25) is 0 Å². The second-order valence-electron chi connectivity index (χ2n) is 4.10. The summed E-state index contributed by atoms with van der Waals surface area (Å²) in [5.41, 5.74) is 6.60. The number of nitrogens with one attached hydrogen (secondary N) is 2. The third-order valence-corrected chi connectivity index (χ3v) is 3.37. The highest BCUT2D eigenvalue weighted by Gasteiger charge is 2.09. The fraction of sp³-hybridized carbons (Fsp3) is 0.417. The molecule has 0 fully saturated rings. The smallest absolute Gasteiger partial charge is 0.148 e. The van der Waals surface area contributed by atoms with Gasteiger partial charge < -0.3 is 10.7 Å². The van der Waals surface area contributed by atoms with E-state index in [1.165, 1.54) is 6.33 Å². The maximum atomic E-state index is 5.48. The minimum absolute atomic E-state index is 0.688. The van der Waals surface area contributed by atoms with Gasteiger partial charge in [-0.2, -0.15) is 0 Å². The SMILES string of the molecule is CCCc1c(NN)ncnc1NCCc1cscn1. The normalized spacial score (nSPS) is 10.4. The van der Waals surface area contributed by atoms with Crippen LogP contribution in [0.25, 0.3) is 0 Å². The summed E-state index contributed by atoms with van der Waals surface area (Å²) in [5.74, 6) is 7.01. The Labute approximate surface area is 116 Å². The summed E-state index contributed by atoms with van der Waals surface area (Å²) in [7, 11) is 0. The molecule has 0 unspecified atom stereocenters. The highest BCUT2D eigenvalue weighted by Crippen LogP contribution is 2.20. The lowest BCUT2D eigenvalue weighted by Crippen LogP contribution is -2.15. The lowest BCUT2D eigenvalue weighted by atomic mass is 10.1. The Kier molecular flexibility index (Phi) is 5.05. The molecule has 2 heterocycles. The molecule has 2 aromatic heterocycles. The molecule has 4 N–H and O–H groups in total. The zero-order valence-corrected chi connectivity index (χ0v) is 11.7. The second-order valence-corrected chi connectivity index (χ2v) is 4.82. The van der Waals surface area contributed by atoms with Crippen LogP contribution in [-0.4, -0.2) is 21.5 Å². The van der Waals surface area contributed by atoms with Gasteiger partial charge in [0, 0.05) is 23.9 Å². The van der Waals surface area contributed by atoms with E-state index in [0.29, 0.717) is 5.82 Å². The summed E-state index contributed by atoms with van der Waals surface area (Å²) in [4.78, 5) is 12.7. The van der Waals surface area contributed by atoms with E-state index in [-0.39, 0.29) is 0 Å². The Morgan fingerprint density at radius 2 is 2.05 bits per heavy atom. The van der Waals surface area contributed by atoms with Crippen LogP contribution in [0, 0.1) is 0 Å². The number of hydrogen-bond acceptors (Lipinski definition) is 7. The molecule has 0 aromatic carbocycles. The minimum atomic E-state index is 0.688. The van der Waals surface area contributed by atoms with Gasteiger partial charge in [-0.15, -0.1) is 11.3 Å². The summed E-state index contributed by atoms with van der Waals surface area (Å²) in [5, 5.41) is 5.39. The van der Waals surface area contributed by atoms with Crippen molar-refractivity contribution in [1.29, 1.82) is 0 Å². The molecule has 0 bridgehead atoms. The molecule has 2 rings (SSSR count). The number of nitrogens with zero attached hydrogens (tertiary/aromatic N) is 3. The molecule has 0 saturated carbocycles. The molecule has 0 saturated heterocycles. The molecule has 0 aliphatic heterocycles. The molecule has 0 radical (unpaired) electrons. The Bertz CT molecular complexity index is 499. The minimum Gasteiger partial charge on any atom is -0.369 e. The molecule has 19 heavy (non-hydrogen) atoms. The number of hydrazine groups is 1. The van der Waals surface area contributed by atoms with E-state index in [1.54, 1.807) is 11.3 Å². The molecule has 0 aliphatic rings. The molecule has 0 atom stereocenters. The van der Waals surface area contributed by atoms with Crippen LogP contribution in [0.2, 0.25) is 0 Å². The quantitative estimate of drug-likeness (QED) is 0.529. The molecule has 0 amide bonds. The van der Waals surface area contributed by atoms with E-state index in [0.717, 1.165) is 42.9 Å². The number of hydrogen-bond donors (Lipinski definition) is 3. The van der Waals surface area contributed by atoms with Crippen molar-refractivity contribution < 1.29 is 0 Å². The topological polar surface area (TPSA) is 88.8 Å². The van der Waals surface area contributed by atoms with Crippen LogP contribution in [0.3, 0.4) is 0 Å². The van der Waals surface area contributed by atoms with Crippen LogP contribution in [0.5, 0.6) is 0 Å². The maximum absolute atomic E-state index is 5.48. The van der Waals surface area contributed by atoms with Gasteiger partial charge in [-0.05, 0) is 6.42 Å². The monoisotopic (exact) mass is 278 g/mol. The van der Waals surface area contributed by atoms with E-state index < -0.39 is 0 Å². The Balaban J connectivity index is 2.02. The lowest BCUT2D eigenvalue weighted by Gasteiger charge is -2.13. The van der Waals surface area contributed by atoms with Gasteiger partial charge in [0.2, 0.25) is 0 Å². The first kappa shape index (κ1) is 13.7. The van der Waals surface area contributed by atoms with Crippen LogP contribution < -0.4 is 16.6 Å². The highest BCUT2D eigenvalue weighted by molar-refractivity contribution is 7.07. The number of rotatable bonds is 7. The average molecular weight is 278 g/mol. The first-order valence-corrected chi connectivity index (χ1v) is 7.20. The van der Waals surface area contributed by atoms with Crippen LogP contribution in [0.15, 0.2) is 17.2 Å². The van der Waals surface area contributed by atoms with Crippen molar-refractivity contribution >= 4 is 23.0 Å². The Hall–Kier alpha value is -1.73. The Morgan fingerprint density at radius 3 is 2.74 bits per heavy atom. The van der Waals surface area contributed by atoms with Gasteiger partial charge in [0.25, 0.3) is 0 Å². The van der Waals surface area contributed by atoms with Crippen molar-refractivity contribution in [3.05, 3.63) is 28.5 Å². The predicted molar refractivity (Wildman–Crippen MR) is 78.1 cm³/mol. The van der Waals surface area contributed by atoms with Crippen molar-refractivity contribution in [2.24, 2.45) is 5.84 Å². The van der Waals surface area contributed by atoms with E-state index in [1.807, 2.05) is 5.51 Å². The highest BCUT2D eigenvalue weighted by atomic mass is 32.1. The van der Waals surface area contributed by atoms with Crippen molar-refractivity contribution in [2.75, 3.05) is 17.3 Å². The van der Waals surface area contributed by atoms with Crippen LogP contribution in [0.4, 0.5) is 11.6 Å². The van der Waals surface area contributed by atoms with Gasteiger partial charge in [0.05, 0.1) is 11.2 Å². The van der Waals surface area contributed by atoms with E-state index >= 15 is 0 Å². The van der Waals surface area contributed by atoms with Gasteiger partial charge in [-0.25, -0.2) is 20.8 Å². The first-order valence-electron chi connectivity index (χ1n) is 6.26. The number of nitrogens with two attached hydrogens (primary N) is 1. The number of anilines is 2. The molecule has 2 aromatic rings. The summed E-state index contributed by atoms with van der Waals surface area (Å²) in [6.45, 7) is 2.91. The lowest BCUT2D eigenvalue weighted by molar-refractivity contribution is 0.890. The molecule has 6 nitrogen and oxygen atoms in total. The summed E-state index contributed by atoms with van der Waals surface area (Å²) < 4.78 is 0. The zero-order valence-electron chi connectivity index (χ0n) is 10.9. The molecule has 0 aliphatic carbocycles.